The van der Waals surface area contributed by atoms with E-state index in [1.54, 1.807) is 6.07 Å². The fraction of sp³-hybridized carbons (Fsp3) is 0.625. The summed E-state index contributed by atoms with van der Waals surface area (Å²) in [7, 11) is 2.22. The molecule has 2 aliphatic rings. The number of ether oxygens (including phenoxy) is 1. The SMILES string of the molecule is CC(CNC1CCOc2c(Cl)cc(Cl)cc21)N(C)C1CC1. The van der Waals surface area contributed by atoms with Gasteiger partial charge in [0.15, 0.2) is 0 Å². The summed E-state index contributed by atoms with van der Waals surface area (Å²) in [5.74, 6) is 0.785. The molecule has 1 heterocycles. The number of likely N-dealkylation sites (N-methyl/N-ethyl adjacent to an activating group) is 1. The van der Waals surface area contributed by atoms with Gasteiger partial charge in [-0.1, -0.05) is 23.2 Å². The van der Waals surface area contributed by atoms with Crippen LogP contribution in [0.2, 0.25) is 10.0 Å². The molecule has 1 saturated carbocycles. The van der Waals surface area contributed by atoms with Crippen LogP contribution in [0.15, 0.2) is 12.1 Å². The molecule has 1 aliphatic heterocycles. The second kappa shape index (κ2) is 6.33. The molecule has 2 unspecified atom stereocenters. The van der Waals surface area contributed by atoms with Crippen molar-refractivity contribution >= 4 is 23.2 Å². The number of fused-ring (bicyclic) bond motifs is 1. The summed E-state index contributed by atoms with van der Waals surface area (Å²) in [5, 5.41) is 4.93. The highest BCUT2D eigenvalue weighted by molar-refractivity contribution is 6.35. The molecule has 5 heteroatoms. The molecule has 3 nitrogen and oxygen atoms in total. The summed E-state index contributed by atoms with van der Waals surface area (Å²) in [6, 6.07) is 5.29. The number of hydrogen-bond acceptors (Lipinski definition) is 3. The summed E-state index contributed by atoms with van der Waals surface area (Å²) in [6.45, 7) is 3.93. The van der Waals surface area contributed by atoms with Crippen LogP contribution in [-0.2, 0) is 0 Å². The van der Waals surface area contributed by atoms with Crippen LogP contribution in [0.25, 0.3) is 0 Å². The number of halogens is 2. The Morgan fingerprint density at radius 2 is 2.10 bits per heavy atom. The first kappa shape index (κ1) is 15.4. The molecule has 0 aromatic heterocycles. The van der Waals surface area contributed by atoms with E-state index in [1.165, 1.54) is 12.8 Å². The molecule has 0 spiro atoms. The van der Waals surface area contributed by atoms with Crippen molar-refractivity contribution in [1.29, 1.82) is 0 Å². The van der Waals surface area contributed by atoms with Crippen molar-refractivity contribution in [2.75, 3.05) is 20.2 Å². The van der Waals surface area contributed by atoms with E-state index in [1.807, 2.05) is 6.07 Å². The van der Waals surface area contributed by atoms with Crippen LogP contribution in [0.5, 0.6) is 5.75 Å². The molecule has 0 bridgehead atoms. The molecule has 0 saturated heterocycles. The fourth-order valence-corrected chi connectivity index (χ4v) is 3.50. The van der Waals surface area contributed by atoms with Crippen molar-refractivity contribution in [1.82, 2.24) is 10.2 Å². The number of nitrogens with one attached hydrogen (secondary N) is 1. The summed E-state index contributed by atoms with van der Waals surface area (Å²) in [5.41, 5.74) is 1.08. The van der Waals surface area contributed by atoms with Gasteiger partial charge in [-0.05, 0) is 38.9 Å². The van der Waals surface area contributed by atoms with Crippen LogP contribution < -0.4 is 10.1 Å². The Hall–Kier alpha value is -0.480. The van der Waals surface area contributed by atoms with Gasteiger partial charge >= 0.3 is 0 Å². The minimum absolute atomic E-state index is 0.264. The van der Waals surface area contributed by atoms with Crippen LogP contribution >= 0.6 is 23.2 Å². The van der Waals surface area contributed by atoms with Gasteiger partial charge in [0.05, 0.1) is 11.6 Å². The standard InChI is InChI=1S/C16H22Cl2N2O/c1-10(20(2)12-3-4-12)9-19-15-5-6-21-16-13(15)7-11(17)8-14(16)18/h7-8,10,12,15,19H,3-6,9H2,1-2H3. The lowest BCUT2D eigenvalue weighted by molar-refractivity contribution is 0.216. The molecule has 0 amide bonds. The number of rotatable bonds is 5. The van der Waals surface area contributed by atoms with Gasteiger partial charge in [0.25, 0.3) is 0 Å². The van der Waals surface area contributed by atoms with E-state index in [0.29, 0.717) is 22.7 Å². The van der Waals surface area contributed by atoms with Crippen molar-refractivity contribution in [3.05, 3.63) is 27.7 Å². The van der Waals surface area contributed by atoms with E-state index >= 15 is 0 Å². The first-order valence-corrected chi connectivity index (χ1v) is 8.39. The van der Waals surface area contributed by atoms with E-state index < -0.39 is 0 Å². The van der Waals surface area contributed by atoms with E-state index in [0.717, 1.165) is 30.3 Å². The number of benzene rings is 1. The molecule has 116 valence electrons. The molecule has 1 aromatic carbocycles. The van der Waals surface area contributed by atoms with E-state index in [2.05, 4.69) is 24.2 Å². The van der Waals surface area contributed by atoms with Crippen molar-refractivity contribution in [2.24, 2.45) is 0 Å². The average molecular weight is 329 g/mol. The highest BCUT2D eigenvalue weighted by atomic mass is 35.5. The second-order valence-electron chi connectivity index (χ2n) is 6.15. The summed E-state index contributed by atoms with van der Waals surface area (Å²) < 4.78 is 5.70. The van der Waals surface area contributed by atoms with Crippen molar-refractivity contribution < 1.29 is 4.74 Å². The van der Waals surface area contributed by atoms with Crippen LogP contribution in [0.3, 0.4) is 0 Å². The summed E-state index contributed by atoms with van der Waals surface area (Å²) in [6.07, 6.45) is 3.63. The average Bonchev–Trinajstić information content (AvgIpc) is 3.28. The number of hydrogen-bond donors (Lipinski definition) is 1. The lowest BCUT2D eigenvalue weighted by Crippen LogP contribution is -2.41. The Balaban J connectivity index is 1.67. The predicted molar refractivity (Wildman–Crippen MR) is 87.6 cm³/mol. The van der Waals surface area contributed by atoms with Crippen molar-refractivity contribution in [3.8, 4) is 5.75 Å². The third kappa shape index (κ3) is 3.48. The maximum absolute atomic E-state index is 6.23. The monoisotopic (exact) mass is 328 g/mol. The van der Waals surface area contributed by atoms with Crippen LogP contribution in [0.1, 0.15) is 37.8 Å². The van der Waals surface area contributed by atoms with E-state index in [9.17, 15) is 0 Å². The Kier molecular flexibility index (Phi) is 4.65. The Bertz CT molecular complexity index is 519. The van der Waals surface area contributed by atoms with Gasteiger partial charge in [-0.3, -0.25) is 4.90 Å². The highest BCUT2D eigenvalue weighted by Gasteiger charge is 2.30. The molecule has 0 radical (unpaired) electrons. The third-order valence-corrected chi connectivity index (χ3v) is 5.04. The molecule has 1 N–H and O–H groups in total. The van der Waals surface area contributed by atoms with Gasteiger partial charge in [0.1, 0.15) is 5.75 Å². The van der Waals surface area contributed by atoms with Gasteiger partial charge in [0, 0.05) is 41.7 Å². The maximum atomic E-state index is 6.23. The smallest absolute Gasteiger partial charge is 0.142 e. The minimum Gasteiger partial charge on any atom is -0.492 e. The Morgan fingerprint density at radius 1 is 1.33 bits per heavy atom. The molecule has 21 heavy (non-hydrogen) atoms. The van der Waals surface area contributed by atoms with Crippen molar-refractivity contribution in [3.63, 3.8) is 0 Å². The normalized spacial score (nSPS) is 22.8. The summed E-state index contributed by atoms with van der Waals surface area (Å²) in [4.78, 5) is 2.47. The highest BCUT2D eigenvalue weighted by Crippen LogP contribution is 2.40. The zero-order chi connectivity index (χ0) is 15.0. The van der Waals surface area contributed by atoms with Gasteiger partial charge in [-0.25, -0.2) is 0 Å². The van der Waals surface area contributed by atoms with Gasteiger partial charge in [-0.2, -0.15) is 0 Å². The Morgan fingerprint density at radius 3 is 2.81 bits per heavy atom. The first-order chi connectivity index (χ1) is 10.1. The first-order valence-electron chi connectivity index (χ1n) is 7.63. The fourth-order valence-electron chi connectivity index (χ4n) is 2.94. The molecule has 1 fully saturated rings. The van der Waals surface area contributed by atoms with Crippen molar-refractivity contribution in [2.45, 2.75) is 44.3 Å². The second-order valence-corrected chi connectivity index (χ2v) is 6.99. The topological polar surface area (TPSA) is 24.5 Å². The summed E-state index contributed by atoms with van der Waals surface area (Å²) >= 11 is 12.4. The zero-order valence-electron chi connectivity index (χ0n) is 12.5. The van der Waals surface area contributed by atoms with Gasteiger partial charge in [0.2, 0.25) is 0 Å². The third-order valence-electron chi connectivity index (χ3n) is 4.54. The van der Waals surface area contributed by atoms with E-state index in [-0.39, 0.29) is 6.04 Å². The molecular formula is C16H22Cl2N2O. The van der Waals surface area contributed by atoms with Gasteiger partial charge < -0.3 is 10.1 Å². The molecule has 1 aliphatic carbocycles. The minimum atomic E-state index is 0.264. The molecule has 1 aromatic rings. The largest absolute Gasteiger partial charge is 0.492 e. The molecule has 2 atom stereocenters. The van der Waals surface area contributed by atoms with Gasteiger partial charge in [-0.15, -0.1) is 0 Å². The molecule has 3 rings (SSSR count). The molecular weight excluding hydrogens is 307 g/mol. The lowest BCUT2D eigenvalue weighted by Gasteiger charge is -2.31. The predicted octanol–water partition coefficient (Wildman–Crippen LogP) is 3.89. The zero-order valence-corrected chi connectivity index (χ0v) is 14.0. The lowest BCUT2D eigenvalue weighted by atomic mass is 10.00. The van der Waals surface area contributed by atoms with Crippen LogP contribution in [0.4, 0.5) is 0 Å². The quantitative estimate of drug-likeness (QED) is 0.887. The number of nitrogens with zero attached hydrogens (tertiary/aromatic N) is 1. The van der Waals surface area contributed by atoms with E-state index in [4.69, 9.17) is 27.9 Å². The van der Waals surface area contributed by atoms with Crippen LogP contribution in [-0.4, -0.2) is 37.2 Å². The maximum Gasteiger partial charge on any atom is 0.142 e. The Labute approximate surface area is 136 Å². The van der Waals surface area contributed by atoms with Crippen LogP contribution in [0, 0.1) is 0 Å².